The molecule has 0 aliphatic rings. The molecule has 5 N–H and O–H groups in total. The molecule has 0 aliphatic carbocycles. The van der Waals surface area contributed by atoms with Gasteiger partial charge in [-0.25, -0.2) is 0 Å². The third-order valence-corrected chi connectivity index (χ3v) is 1.37. The minimum Gasteiger partial charge on any atom is -0.344 e. The summed E-state index contributed by atoms with van der Waals surface area (Å²) in [6.07, 6.45) is 2.37. The summed E-state index contributed by atoms with van der Waals surface area (Å²) in [4.78, 5) is 0. The molecule has 0 atom stereocenters. The van der Waals surface area contributed by atoms with E-state index in [2.05, 4.69) is 27.7 Å². The van der Waals surface area contributed by atoms with Gasteiger partial charge in [0.25, 0.3) is 0 Å². The number of hydrogen-bond donors (Lipinski definition) is 2. The van der Waals surface area contributed by atoms with E-state index < -0.39 is 0 Å². The van der Waals surface area contributed by atoms with Gasteiger partial charge in [0.1, 0.15) is 0 Å². The Morgan fingerprint density at radius 2 is 1.70 bits per heavy atom. The highest BCUT2D eigenvalue weighted by atomic mass is 14.7. The van der Waals surface area contributed by atoms with Crippen LogP contribution in [0.2, 0.25) is 0 Å². The second-order valence-electron chi connectivity index (χ2n) is 3.92. The summed E-state index contributed by atoms with van der Waals surface area (Å²) in [5.74, 6) is 0.785. The first-order valence-electron chi connectivity index (χ1n) is 3.71. The van der Waals surface area contributed by atoms with Crippen LogP contribution in [0.25, 0.3) is 0 Å². The first-order valence-corrected chi connectivity index (χ1v) is 3.71. The highest BCUT2D eigenvalue weighted by Gasteiger charge is 2.10. The van der Waals surface area contributed by atoms with Gasteiger partial charge in [-0.05, 0) is 32.6 Å². The molecule has 0 saturated carbocycles. The van der Waals surface area contributed by atoms with E-state index in [1.807, 2.05) is 0 Å². The Balaban J connectivity index is 0. The van der Waals surface area contributed by atoms with Gasteiger partial charge in [-0.2, -0.15) is 0 Å². The van der Waals surface area contributed by atoms with Gasteiger partial charge >= 0.3 is 0 Å². The molecular formula is C8H22N2. The van der Waals surface area contributed by atoms with Gasteiger partial charge in [-0.3, -0.25) is 0 Å². The Kier molecular flexibility index (Phi) is 5.90. The topological polar surface area (TPSA) is 61.0 Å². The summed E-state index contributed by atoms with van der Waals surface area (Å²) < 4.78 is 0. The van der Waals surface area contributed by atoms with Gasteiger partial charge in [-0.1, -0.05) is 13.8 Å². The predicted molar refractivity (Wildman–Crippen MR) is 47.4 cm³/mol. The molecule has 0 bridgehead atoms. The molecule has 0 amide bonds. The highest BCUT2D eigenvalue weighted by molar-refractivity contribution is 4.71. The lowest BCUT2D eigenvalue weighted by Crippen LogP contribution is -2.31. The zero-order valence-electron chi connectivity index (χ0n) is 7.78. The molecule has 0 aliphatic heterocycles. The van der Waals surface area contributed by atoms with E-state index in [4.69, 9.17) is 5.73 Å². The molecule has 0 heterocycles. The van der Waals surface area contributed by atoms with Gasteiger partial charge in [0, 0.05) is 5.54 Å². The Bertz CT molecular complexity index is 71.8. The maximum absolute atomic E-state index is 5.78. The van der Waals surface area contributed by atoms with Crippen LogP contribution >= 0.6 is 0 Å². The van der Waals surface area contributed by atoms with Crippen molar-refractivity contribution >= 4 is 0 Å². The summed E-state index contributed by atoms with van der Waals surface area (Å²) in [6, 6.07) is 0. The molecule has 0 radical (unpaired) electrons. The van der Waals surface area contributed by atoms with Crippen molar-refractivity contribution < 1.29 is 0 Å². The van der Waals surface area contributed by atoms with Crippen LogP contribution in [0.5, 0.6) is 0 Å². The van der Waals surface area contributed by atoms with E-state index >= 15 is 0 Å². The zero-order chi connectivity index (χ0) is 7.49. The Morgan fingerprint density at radius 1 is 1.30 bits per heavy atom. The normalized spacial score (nSPS) is 11.4. The van der Waals surface area contributed by atoms with E-state index in [0.717, 1.165) is 12.3 Å². The van der Waals surface area contributed by atoms with Crippen molar-refractivity contribution in [2.75, 3.05) is 0 Å². The average Bonchev–Trinajstić information content (AvgIpc) is 1.59. The van der Waals surface area contributed by atoms with E-state index in [0.29, 0.717) is 0 Å². The third kappa shape index (κ3) is 10.8. The minimum atomic E-state index is 0. The standard InChI is InChI=1S/C8H19N.H3N/c1-7(2)5-6-8(3,4)9;/h7H,5-6,9H2,1-4H3;1H3. The largest absolute Gasteiger partial charge is 0.344 e. The Morgan fingerprint density at radius 3 is 1.80 bits per heavy atom. The second-order valence-corrected chi connectivity index (χ2v) is 3.92. The lowest BCUT2D eigenvalue weighted by molar-refractivity contribution is 0.414. The van der Waals surface area contributed by atoms with Gasteiger partial charge in [-0.15, -0.1) is 0 Å². The molecule has 2 nitrogen and oxygen atoms in total. The molecule has 0 saturated heterocycles. The zero-order valence-corrected chi connectivity index (χ0v) is 7.78. The van der Waals surface area contributed by atoms with Crippen LogP contribution in [0.1, 0.15) is 40.5 Å². The van der Waals surface area contributed by atoms with Crippen molar-refractivity contribution in [1.82, 2.24) is 6.15 Å². The van der Waals surface area contributed by atoms with Crippen LogP contribution in [-0.4, -0.2) is 5.54 Å². The summed E-state index contributed by atoms with van der Waals surface area (Å²) in [5.41, 5.74) is 5.82. The number of nitrogens with two attached hydrogens (primary N) is 1. The summed E-state index contributed by atoms with van der Waals surface area (Å²) in [6.45, 7) is 8.61. The number of hydrogen-bond acceptors (Lipinski definition) is 2. The average molecular weight is 146 g/mol. The fourth-order valence-electron chi connectivity index (χ4n) is 0.661. The van der Waals surface area contributed by atoms with E-state index in [9.17, 15) is 0 Å². The first-order chi connectivity index (χ1) is 3.92. The maximum atomic E-state index is 5.78. The first kappa shape index (κ1) is 12.6. The fraction of sp³-hybridized carbons (Fsp3) is 1.00. The van der Waals surface area contributed by atoms with Crippen molar-refractivity contribution in [3.8, 4) is 0 Å². The van der Waals surface area contributed by atoms with Gasteiger partial charge < -0.3 is 11.9 Å². The van der Waals surface area contributed by atoms with Crippen molar-refractivity contribution in [2.45, 2.75) is 46.1 Å². The van der Waals surface area contributed by atoms with Crippen LogP contribution in [-0.2, 0) is 0 Å². The summed E-state index contributed by atoms with van der Waals surface area (Å²) >= 11 is 0. The third-order valence-electron chi connectivity index (χ3n) is 1.37. The van der Waals surface area contributed by atoms with Crippen LogP contribution in [0.3, 0.4) is 0 Å². The van der Waals surface area contributed by atoms with Crippen molar-refractivity contribution in [3.05, 3.63) is 0 Å². The monoisotopic (exact) mass is 146 g/mol. The highest BCUT2D eigenvalue weighted by Crippen LogP contribution is 2.12. The lowest BCUT2D eigenvalue weighted by atomic mass is 9.95. The summed E-state index contributed by atoms with van der Waals surface area (Å²) in [5, 5.41) is 0. The van der Waals surface area contributed by atoms with Crippen LogP contribution < -0.4 is 11.9 Å². The molecule has 0 aromatic carbocycles. The smallest absolute Gasteiger partial charge is 0.00971 e. The van der Waals surface area contributed by atoms with E-state index in [1.54, 1.807) is 0 Å². The lowest BCUT2D eigenvalue weighted by Gasteiger charge is -2.18. The van der Waals surface area contributed by atoms with Crippen LogP contribution in [0.15, 0.2) is 0 Å². The quantitative estimate of drug-likeness (QED) is 0.642. The molecular weight excluding hydrogens is 124 g/mol. The molecule has 0 aromatic heterocycles. The maximum Gasteiger partial charge on any atom is 0.00971 e. The molecule has 0 aromatic rings. The predicted octanol–water partition coefficient (Wildman–Crippen LogP) is 2.32. The Labute approximate surface area is 64.8 Å². The van der Waals surface area contributed by atoms with Crippen LogP contribution in [0, 0.1) is 5.92 Å². The van der Waals surface area contributed by atoms with E-state index in [-0.39, 0.29) is 11.7 Å². The molecule has 64 valence electrons. The second kappa shape index (κ2) is 4.69. The van der Waals surface area contributed by atoms with Crippen LogP contribution in [0.4, 0.5) is 0 Å². The van der Waals surface area contributed by atoms with Gasteiger partial charge in [0.05, 0.1) is 0 Å². The molecule has 0 rings (SSSR count). The molecule has 0 fully saturated rings. The van der Waals surface area contributed by atoms with Gasteiger partial charge in [0.2, 0.25) is 0 Å². The van der Waals surface area contributed by atoms with E-state index in [1.165, 1.54) is 6.42 Å². The molecule has 0 spiro atoms. The molecule has 2 heteroatoms. The number of rotatable bonds is 3. The van der Waals surface area contributed by atoms with Crippen molar-refractivity contribution in [3.63, 3.8) is 0 Å². The molecule has 10 heavy (non-hydrogen) atoms. The molecule has 0 unspecified atom stereocenters. The summed E-state index contributed by atoms with van der Waals surface area (Å²) in [7, 11) is 0. The van der Waals surface area contributed by atoms with Gasteiger partial charge in [0.15, 0.2) is 0 Å². The fourth-order valence-corrected chi connectivity index (χ4v) is 0.661. The Hall–Kier alpha value is -0.0800. The van der Waals surface area contributed by atoms with Crippen molar-refractivity contribution in [2.24, 2.45) is 11.7 Å². The minimum absolute atomic E-state index is 0. The van der Waals surface area contributed by atoms with Crippen molar-refractivity contribution in [1.29, 1.82) is 0 Å². The SMILES string of the molecule is CC(C)CCC(C)(C)N.N.